The molecule has 21 heavy (non-hydrogen) atoms. The Labute approximate surface area is 127 Å². The van der Waals surface area contributed by atoms with Crippen molar-refractivity contribution in [1.29, 1.82) is 0 Å². The van der Waals surface area contributed by atoms with E-state index >= 15 is 0 Å². The summed E-state index contributed by atoms with van der Waals surface area (Å²) < 4.78 is 0. The molecule has 0 spiro atoms. The standard InChI is InChI=1S/C17H27N3O/c1-3-4-13-5-7-14(8-6-13)19-15-9-11-16(12-10-15)20-17(21)18-2/h9-14,19H,3-8H2,1-2H3,(H2,18,20,21). The molecule has 0 heterocycles. The molecule has 1 aliphatic rings. The van der Waals surface area contributed by atoms with Gasteiger partial charge in [-0.3, -0.25) is 0 Å². The van der Waals surface area contributed by atoms with Crippen LogP contribution in [-0.4, -0.2) is 19.1 Å². The molecule has 0 radical (unpaired) electrons. The van der Waals surface area contributed by atoms with Crippen LogP contribution in [0.15, 0.2) is 24.3 Å². The highest BCUT2D eigenvalue weighted by Gasteiger charge is 2.20. The van der Waals surface area contributed by atoms with Gasteiger partial charge in [-0.25, -0.2) is 4.79 Å². The zero-order valence-electron chi connectivity index (χ0n) is 13.1. The van der Waals surface area contributed by atoms with Gasteiger partial charge in [0.15, 0.2) is 0 Å². The fourth-order valence-electron chi connectivity index (χ4n) is 3.08. The van der Waals surface area contributed by atoms with Crippen molar-refractivity contribution < 1.29 is 4.79 Å². The lowest BCUT2D eigenvalue weighted by Gasteiger charge is -2.29. The number of nitrogens with one attached hydrogen (secondary N) is 3. The smallest absolute Gasteiger partial charge is 0.318 e. The molecule has 0 aliphatic heterocycles. The predicted octanol–water partition coefficient (Wildman–Crippen LogP) is 4.21. The molecule has 1 saturated carbocycles. The first kappa shape index (κ1) is 15.7. The Bertz CT molecular complexity index is 436. The summed E-state index contributed by atoms with van der Waals surface area (Å²) in [6, 6.07) is 8.33. The summed E-state index contributed by atoms with van der Waals surface area (Å²) in [6.45, 7) is 2.28. The average molecular weight is 289 g/mol. The third-order valence-corrected chi connectivity index (χ3v) is 4.28. The minimum atomic E-state index is -0.190. The van der Waals surface area contributed by atoms with E-state index in [1.165, 1.54) is 38.5 Å². The summed E-state index contributed by atoms with van der Waals surface area (Å²) in [5.41, 5.74) is 1.95. The largest absolute Gasteiger partial charge is 0.382 e. The van der Waals surface area contributed by atoms with Crippen molar-refractivity contribution in [3.8, 4) is 0 Å². The number of hydrogen-bond donors (Lipinski definition) is 3. The number of amides is 2. The van der Waals surface area contributed by atoms with E-state index in [4.69, 9.17) is 0 Å². The third-order valence-electron chi connectivity index (χ3n) is 4.28. The van der Waals surface area contributed by atoms with Crippen molar-refractivity contribution in [1.82, 2.24) is 5.32 Å². The molecule has 0 saturated heterocycles. The second-order valence-electron chi connectivity index (χ2n) is 5.93. The van der Waals surface area contributed by atoms with E-state index in [2.05, 4.69) is 22.9 Å². The number of carbonyl (C=O) groups excluding carboxylic acids is 1. The maximum Gasteiger partial charge on any atom is 0.318 e. The summed E-state index contributed by atoms with van der Waals surface area (Å²) in [5.74, 6) is 0.937. The second-order valence-corrected chi connectivity index (χ2v) is 5.93. The summed E-state index contributed by atoms with van der Waals surface area (Å²) in [5, 5.41) is 8.92. The van der Waals surface area contributed by atoms with Crippen molar-refractivity contribution >= 4 is 17.4 Å². The number of urea groups is 1. The summed E-state index contributed by atoms with van der Waals surface area (Å²) in [4.78, 5) is 11.2. The summed E-state index contributed by atoms with van der Waals surface area (Å²) in [6.07, 6.45) is 7.92. The van der Waals surface area contributed by atoms with Gasteiger partial charge in [0.2, 0.25) is 0 Å². The lowest BCUT2D eigenvalue weighted by atomic mass is 9.83. The van der Waals surface area contributed by atoms with Crippen LogP contribution in [0.1, 0.15) is 45.4 Å². The highest BCUT2D eigenvalue weighted by Crippen LogP contribution is 2.29. The van der Waals surface area contributed by atoms with Gasteiger partial charge < -0.3 is 16.0 Å². The van der Waals surface area contributed by atoms with E-state index in [1.54, 1.807) is 7.05 Å². The lowest BCUT2D eigenvalue weighted by molar-refractivity contribution is 0.254. The number of benzene rings is 1. The van der Waals surface area contributed by atoms with Crippen LogP contribution in [0.4, 0.5) is 16.2 Å². The Kier molecular flexibility index (Phi) is 5.90. The number of hydrogen-bond acceptors (Lipinski definition) is 2. The van der Waals surface area contributed by atoms with Gasteiger partial charge >= 0.3 is 6.03 Å². The molecule has 3 N–H and O–H groups in total. The molecule has 0 aromatic heterocycles. The van der Waals surface area contributed by atoms with E-state index in [9.17, 15) is 4.79 Å². The molecular weight excluding hydrogens is 262 g/mol. The highest BCUT2D eigenvalue weighted by atomic mass is 16.2. The second kappa shape index (κ2) is 7.91. The van der Waals surface area contributed by atoms with Crippen molar-refractivity contribution in [3.63, 3.8) is 0 Å². The van der Waals surface area contributed by atoms with Gasteiger partial charge in [0.05, 0.1) is 0 Å². The molecule has 1 aromatic rings. The summed E-state index contributed by atoms with van der Waals surface area (Å²) in [7, 11) is 1.61. The first-order chi connectivity index (χ1) is 10.2. The zero-order valence-corrected chi connectivity index (χ0v) is 13.1. The molecule has 1 aliphatic carbocycles. The quantitative estimate of drug-likeness (QED) is 0.760. The lowest BCUT2D eigenvalue weighted by Crippen LogP contribution is -2.26. The van der Waals surface area contributed by atoms with Crippen LogP contribution in [0.2, 0.25) is 0 Å². The van der Waals surface area contributed by atoms with Crippen molar-refractivity contribution in [2.45, 2.75) is 51.5 Å². The van der Waals surface area contributed by atoms with Crippen LogP contribution >= 0.6 is 0 Å². The van der Waals surface area contributed by atoms with Crippen molar-refractivity contribution in [2.24, 2.45) is 5.92 Å². The van der Waals surface area contributed by atoms with Crippen LogP contribution in [0, 0.1) is 5.92 Å². The molecule has 1 aromatic carbocycles. The number of carbonyl (C=O) groups is 1. The minimum Gasteiger partial charge on any atom is -0.382 e. The first-order valence-electron chi connectivity index (χ1n) is 8.06. The van der Waals surface area contributed by atoms with Crippen LogP contribution < -0.4 is 16.0 Å². The van der Waals surface area contributed by atoms with Gasteiger partial charge in [-0.15, -0.1) is 0 Å². The topological polar surface area (TPSA) is 53.2 Å². The third kappa shape index (κ3) is 4.96. The maximum atomic E-state index is 11.2. The Morgan fingerprint density at radius 1 is 1.10 bits per heavy atom. The highest BCUT2D eigenvalue weighted by molar-refractivity contribution is 5.89. The number of anilines is 2. The van der Waals surface area contributed by atoms with E-state index in [0.29, 0.717) is 6.04 Å². The molecule has 4 heteroatoms. The fraction of sp³-hybridized carbons (Fsp3) is 0.588. The van der Waals surface area contributed by atoms with E-state index in [1.807, 2.05) is 24.3 Å². The predicted molar refractivity (Wildman–Crippen MR) is 88.8 cm³/mol. The zero-order chi connectivity index (χ0) is 15.1. The van der Waals surface area contributed by atoms with Crippen molar-refractivity contribution in [2.75, 3.05) is 17.7 Å². The fourth-order valence-corrected chi connectivity index (χ4v) is 3.08. The molecule has 0 atom stereocenters. The Morgan fingerprint density at radius 3 is 2.29 bits per heavy atom. The van der Waals surface area contributed by atoms with Crippen LogP contribution in [0.5, 0.6) is 0 Å². The SMILES string of the molecule is CCCC1CCC(Nc2ccc(NC(=O)NC)cc2)CC1. The Hall–Kier alpha value is -1.71. The molecule has 0 unspecified atom stereocenters. The molecule has 0 bridgehead atoms. The first-order valence-corrected chi connectivity index (χ1v) is 8.06. The van der Waals surface area contributed by atoms with E-state index in [0.717, 1.165) is 17.3 Å². The maximum absolute atomic E-state index is 11.2. The minimum absolute atomic E-state index is 0.190. The van der Waals surface area contributed by atoms with Gasteiger partial charge in [0.1, 0.15) is 0 Å². The van der Waals surface area contributed by atoms with Gasteiger partial charge in [-0.1, -0.05) is 19.8 Å². The average Bonchev–Trinajstić information content (AvgIpc) is 2.51. The summed E-state index contributed by atoms with van der Waals surface area (Å²) >= 11 is 0. The Morgan fingerprint density at radius 2 is 1.71 bits per heavy atom. The van der Waals surface area contributed by atoms with Crippen LogP contribution in [0.25, 0.3) is 0 Å². The molecule has 116 valence electrons. The van der Waals surface area contributed by atoms with Gasteiger partial charge in [-0.05, 0) is 55.9 Å². The Balaban J connectivity index is 1.80. The van der Waals surface area contributed by atoms with Crippen LogP contribution in [0.3, 0.4) is 0 Å². The molecule has 2 rings (SSSR count). The molecule has 1 fully saturated rings. The van der Waals surface area contributed by atoms with Crippen molar-refractivity contribution in [3.05, 3.63) is 24.3 Å². The van der Waals surface area contributed by atoms with Gasteiger partial charge in [0, 0.05) is 24.5 Å². The number of rotatable bonds is 5. The normalized spacial score (nSPS) is 21.6. The van der Waals surface area contributed by atoms with E-state index in [-0.39, 0.29) is 6.03 Å². The molecule has 4 nitrogen and oxygen atoms in total. The molecule has 2 amide bonds. The molecular formula is C17H27N3O. The van der Waals surface area contributed by atoms with E-state index < -0.39 is 0 Å². The monoisotopic (exact) mass is 289 g/mol. The van der Waals surface area contributed by atoms with Gasteiger partial charge in [0.25, 0.3) is 0 Å². The van der Waals surface area contributed by atoms with Gasteiger partial charge in [-0.2, -0.15) is 0 Å². The van der Waals surface area contributed by atoms with Crippen LogP contribution in [-0.2, 0) is 0 Å².